The van der Waals surface area contributed by atoms with Crippen molar-refractivity contribution in [3.8, 4) is 0 Å². The van der Waals surface area contributed by atoms with Crippen molar-refractivity contribution in [3.63, 3.8) is 0 Å². The van der Waals surface area contributed by atoms with E-state index in [2.05, 4.69) is 22.0 Å². The van der Waals surface area contributed by atoms with Crippen LogP contribution in [0.25, 0.3) is 0 Å². The zero-order valence-electron chi connectivity index (χ0n) is 8.91. The van der Waals surface area contributed by atoms with Crippen LogP contribution in [0.5, 0.6) is 0 Å². The average Bonchev–Trinajstić information content (AvgIpc) is 2.28. The van der Waals surface area contributed by atoms with Gasteiger partial charge in [-0.3, -0.25) is 0 Å². The highest BCUT2D eigenvalue weighted by atomic mass is 16.5. The molecule has 1 aromatic rings. The van der Waals surface area contributed by atoms with Crippen LogP contribution in [-0.4, -0.2) is 24.6 Å². The molecule has 1 aliphatic heterocycles. The van der Waals surface area contributed by atoms with Crippen LogP contribution in [-0.2, 0) is 4.74 Å². The Morgan fingerprint density at radius 2 is 2.40 bits per heavy atom. The Morgan fingerprint density at radius 1 is 1.60 bits per heavy atom. The van der Waals surface area contributed by atoms with E-state index >= 15 is 0 Å². The molecule has 0 aromatic carbocycles. The fourth-order valence-corrected chi connectivity index (χ4v) is 1.78. The number of aromatic nitrogens is 1. The second-order valence-electron chi connectivity index (χ2n) is 3.74. The number of methoxy groups -OCH3 is 1. The summed E-state index contributed by atoms with van der Waals surface area (Å²) in [5.41, 5.74) is 2.37. The molecular formula is C11H14N2O2. The van der Waals surface area contributed by atoms with Gasteiger partial charge in [0.2, 0.25) is 0 Å². The lowest BCUT2D eigenvalue weighted by Crippen LogP contribution is -2.18. The molecule has 2 heterocycles. The van der Waals surface area contributed by atoms with Gasteiger partial charge < -0.3 is 10.1 Å². The van der Waals surface area contributed by atoms with Crippen LogP contribution >= 0.6 is 0 Å². The van der Waals surface area contributed by atoms with E-state index in [1.54, 1.807) is 6.07 Å². The van der Waals surface area contributed by atoms with Crippen LogP contribution in [0, 0.1) is 0 Å². The molecule has 80 valence electrons. The monoisotopic (exact) mass is 206 g/mol. The van der Waals surface area contributed by atoms with Crippen LogP contribution in [0.3, 0.4) is 0 Å². The number of rotatable bonds is 1. The van der Waals surface area contributed by atoms with Crippen molar-refractivity contribution in [2.75, 3.05) is 19.0 Å². The summed E-state index contributed by atoms with van der Waals surface area (Å²) in [6.45, 7) is 3.08. The minimum absolute atomic E-state index is 0.379. The van der Waals surface area contributed by atoms with Gasteiger partial charge in [0.1, 0.15) is 5.69 Å². The van der Waals surface area contributed by atoms with Crippen molar-refractivity contribution < 1.29 is 9.53 Å². The summed E-state index contributed by atoms with van der Waals surface area (Å²) < 4.78 is 4.64. The van der Waals surface area contributed by atoms with E-state index in [0.717, 1.165) is 24.3 Å². The first-order valence-corrected chi connectivity index (χ1v) is 5.05. The molecule has 0 spiro atoms. The number of carbonyl (C=O) groups is 1. The standard InChI is InChI=1S/C11H14N2O2/c1-7-5-6-12-8-3-4-9(11(14)15-2)13-10(7)8/h3-4,7,12H,5-6H2,1-2H3/t7-/m0/s1. The number of anilines is 1. The van der Waals surface area contributed by atoms with Crippen molar-refractivity contribution in [3.05, 3.63) is 23.5 Å². The van der Waals surface area contributed by atoms with Gasteiger partial charge in [-0.05, 0) is 18.6 Å². The van der Waals surface area contributed by atoms with E-state index in [9.17, 15) is 4.79 Å². The lowest BCUT2D eigenvalue weighted by atomic mass is 9.98. The lowest BCUT2D eigenvalue weighted by molar-refractivity contribution is 0.0593. The molecule has 0 fully saturated rings. The van der Waals surface area contributed by atoms with Gasteiger partial charge in [-0.1, -0.05) is 6.92 Å². The van der Waals surface area contributed by atoms with Crippen LogP contribution in [0.2, 0.25) is 0 Å². The second kappa shape index (κ2) is 3.88. The molecule has 0 unspecified atom stereocenters. The van der Waals surface area contributed by atoms with Crippen molar-refractivity contribution >= 4 is 11.7 Å². The van der Waals surface area contributed by atoms with Crippen LogP contribution in [0.1, 0.15) is 35.4 Å². The first kappa shape index (κ1) is 9.96. The first-order chi connectivity index (χ1) is 7.22. The van der Waals surface area contributed by atoms with E-state index in [-0.39, 0.29) is 5.97 Å². The Morgan fingerprint density at radius 3 is 3.13 bits per heavy atom. The Bertz CT molecular complexity index is 390. The molecular weight excluding hydrogens is 192 g/mol. The Hall–Kier alpha value is -1.58. The van der Waals surface area contributed by atoms with E-state index in [1.807, 2.05) is 6.07 Å². The molecule has 1 N–H and O–H groups in total. The molecule has 2 rings (SSSR count). The minimum atomic E-state index is -0.379. The minimum Gasteiger partial charge on any atom is -0.464 e. The van der Waals surface area contributed by atoms with Crippen LogP contribution in [0.15, 0.2) is 12.1 Å². The zero-order valence-corrected chi connectivity index (χ0v) is 8.91. The van der Waals surface area contributed by atoms with Gasteiger partial charge in [-0.25, -0.2) is 9.78 Å². The van der Waals surface area contributed by atoms with E-state index in [0.29, 0.717) is 11.6 Å². The number of fused-ring (bicyclic) bond motifs is 1. The van der Waals surface area contributed by atoms with Crippen molar-refractivity contribution in [2.45, 2.75) is 19.3 Å². The predicted molar refractivity (Wildman–Crippen MR) is 57.1 cm³/mol. The molecule has 1 aromatic heterocycles. The van der Waals surface area contributed by atoms with Gasteiger partial charge in [-0.15, -0.1) is 0 Å². The fourth-order valence-electron chi connectivity index (χ4n) is 1.78. The molecule has 0 aliphatic carbocycles. The smallest absolute Gasteiger partial charge is 0.356 e. The number of hydrogen-bond acceptors (Lipinski definition) is 4. The van der Waals surface area contributed by atoms with Crippen molar-refractivity contribution in [2.24, 2.45) is 0 Å². The summed E-state index contributed by atoms with van der Waals surface area (Å²) in [7, 11) is 1.37. The highest BCUT2D eigenvalue weighted by Gasteiger charge is 2.19. The summed E-state index contributed by atoms with van der Waals surface area (Å²) in [5.74, 6) is 0.0152. The predicted octanol–water partition coefficient (Wildman–Crippen LogP) is 1.79. The van der Waals surface area contributed by atoms with Crippen LogP contribution in [0.4, 0.5) is 5.69 Å². The van der Waals surface area contributed by atoms with Crippen molar-refractivity contribution in [1.82, 2.24) is 4.98 Å². The maximum Gasteiger partial charge on any atom is 0.356 e. The summed E-state index contributed by atoms with van der Waals surface area (Å²) in [6, 6.07) is 3.58. The topological polar surface area (TPSA) is 51.2 Å². The molecule has 4 heteroatoms. The largest absolute Gasteiger partial charge is 0.464 e. The molecule has 0 saturated carbocycles. The number of hydrogen-bond donors (Lipinski definition) is 1. The molecule has 0 amide bonds. The van der Waals surface area contributed by atoms with E-state index in [1.165, 1.54) is 7.11 Å². The van der Waals surface area contributed by atoms with Gasteiger partial charge in [0.15, 0.2) is 0 Å². The first-order valence-electron chi connectivity index (χ1n) is 5.05. The molecule has 1 atom stereocenters. The molecule has 0 bridgehead atoms. The molecule has 15 heavy (non-hydrogen) atoms. The third-order valence-electron chi connectivity index (χ3n) is 2.68. The summed E-state index contributed by atoms with van der Waals surface area (Å²) in [4.78, 5) is 15.6. The molecule has 0 saturated heterocycles. The maximum absolute atomic E-state index is 11.3. The van der Waals surface area contributed by atoms with Crippen LogP contribution < -0.4 is 5.32 Å². The summed E-state index contributed by atoms with van der Waals surface area (Å²) >= 11 is 0. The molecule has 0 radical (unpaired) electrons. The number of ether oxygens (including phenoxy) is 1. The highest BCUT2D eigenvalue weighted by molar-refractivity contribution is 5.87. The zero-order chi connectivity index (χ0) is 10.8. The normalized spacial score (nSPS) is 18.9. The lowest BCUT2D eigenvalue weighted by Gasteiger charge is -2.22. The maximum atomic E-state index is 11.3. The number of nitrogens with one attached hydrogen (secondary N) is 1. The third-order valence-corrected chi connectivity index (χ3v) is 2.68. The Labute approximate surface area is 88.7 Å². The number of pyridine rings is 1. The number of carbonyl (C=O) groups excluding carboxylic acids is 1. The second-order valence-corrected chi connectivity index (χ2v) is 3.74. The van der Waals surface area contributed by atoms with E-state index < -0.39 is 0 Å². The molecule has 4 nitrogen and oxygen atoms in total. The number of nitrogens with zero attached hydrogens (tertiary/aromatic N) is 1. The third kappa shape index (κ3) is 1.79. The van der Waals surface area contributed by atoms with Gasteiger partial charge in [0.25, 0.3) is 0 Å². The highest BCUT2D eigenvalue weighted by Crippen LogP contribution is 2.29. The molecule has 1 aliphatic rings. The summed E-state index contributed by atoms with van der Waals surface area (Å²) in [6.07, 6.45) is 1.05. The van der Waals surface area contributed by atoms with E-state index in [4.69, 9.17) is 0 Å². The number of esters is 1. The Kier molecular flexibility index (Phi) is 2.58. The van der Waals surface area contributed by atoms with Crippen molar-refractivity contribution in [1.29, 1.82) is 0 Å². The summed E-state index contributed by atoms with van der Waals surface area (Å²) in [5, 5.41) is 3.26. The van der Waals surface area contributed by atoms with Gasteiger partial charge in [-0.2, -0.15) is 0 Å². The average molecular weight is 206 g/mol. The van der Waals surface area contributed by atoms with Gasteiger partial charge in [0, 0.05) is 12.5 Å². The quantitative estimate of drug-likeness (QED) is 0.712. The fraction of sp³-hybridized carbons (Fsp3) is 0.455. The van der Waals surface area contributed by atoms with Gasteiger partial charge in [0.05, 0.1) is 18.5 Å². The Balaban J connectivity index is 2.39. The SMILES string of the molecule is COC(=O)c1ccc2c(n1)[C@@H](C)CCN2. The van der Waals surface area contributed by atoms with Gasteiger partial charge >= 0.3 is 5.97 Å².